The topological polar surface area (TPSA) is 77.3 Å². The SMILES string of the molecule is C/C(=C(/C)c1ccc(-c2[c-]cc(C(C)(C)C)cc2)nc1)c1ccccc1.CC(C)(C)c1c[c-]c(-c2ccc(/C=C/c3cccc(F)c3)cn2)cc1.CC(C)(C)c1c[c-]c(-c2ccc(/C=C/c3ccccc3)cn2)cc1.CCCc1c[c-]c(-c2ccc(/C=C/c3ccc(F)cc3F)cn2)cc1.Cc1cc(C)c(/C=C/c2ccc(-c3[c-]cccc3)nc2)c(C)c1.Cc1cccc(/C=C/c2ccc(-c3[c-]cccc3)nc2)c1.[Pt].[Pt].[Pt].[Pt].[Pt].[Pt]. The van der Waals surface area contributed by atoms with Crippen molar-refractivity contribution in [2.45, 2.75) is 140 Å². The minimum atomic E-state index is -0.582. The summed E-state index contributed by atoms with van der Waals surface area (Å²) in [4.78, 5) is 27.2. The summed E-state index contributed by atoms with van der Waals surface area (Å²) in [6, 6.07) is 129. The van der Waals surface area contributed by atoms with E-state index in [9.17, 15) is 13.2 Å². The molecule has 0 radical (unpaired) electrons. The fraction of sp³-hybridized carbons (Fsp3) is 0.156. The van der Waals surface area contributed by atoms with Crippen molar-refractivity contribution in [1.82, 2.24) is 29.9 Å². The molecule has 15 heteroatoms. The van der Waals surface area contributed by atoms with E-state index in [1.54, 1.807) is 24.4 Å². The van der Waals surface area contributed by atoms with E-state index in [2.05, 4.69) is 371 Å². The van der Waals surface area contributed by atoms with Crippen molar-refractivity contribution in [2.24, 2.45) is 0 Å². The smallest absolute Gasteiger partial charge is 0.133 e. The van der Waals surface area contributed by atoms with Gasteiger partial charge in [-0.2, -0.15) is 0 Å². The average Bonchev–Trinajstić information content (AvgIpc) is 0.819. The summed E-state index contributed by atoms with van der Waals surface area (Å²) in [5.74, 6) is -1.39. The van der Waals surface area contributed by atoms with E-state index < -0.39 is 11.6 Å². The second-order valence-electron chi connectivity index (χ2n) is 38.6. The van der Waals surface area contributed by atoms with Crippen LogP contribution in [-0.4, -0.2) is 29.9 Å². The van der Waals surface area contributed by atoms with Gasteiger partial charge in [0.2, 0.25) is 0 Å². The van der Waals surface area contributed by atoms with Crippen molar-refractivity contribution in [1.29, 1.82) is 0 Å². The van der Waals surface area contributed by atoms with Crippen molar-refractivity contribution in [3.8, 4) is 67.5 Å². The van der Waals surface area contributed by atoms with Gasteiger partial charge in [-0.3, -0.25) is 0 Å². The van der Waals surface area contributed by atoms with Gasteiger partial charge in [-0.05, 0) is 200 Å². The van der Waals surface area contributed by atoms with Gasteiger partial charge in [0.05, 0.1) is 0 Å². The number of hydrogen-bond acceptors (Lipinski definition) is 6. The Balaban J connectivity index is 0.000000242. The average molecular weight is 3060 g/mol. The van der Waals surface area contributed by atoms with Gasteiger partial charge in [0.25, 0.3) is 0 Å². The van der Waals surface area contributed by atoms with E-state index in [0.717, 1.165) is 125 Å². The van der Waals surface area contributed by atoms with Crippen LogP contribution in [0.5, 0.6) is 0 Å². The van der Waals surface area contributed by atoms with Crippen LogP contribution >= 0.6 is 0 Å². The molecule has 0 saturated carbocycles. The quantitative estimate of drug-likeness (QED) is 0.0708. The van der Waals surface area contributed by atoms with Gasteiger partial charge in [-0.1, -0.05) is 336 Å². The van der Waals surface area contributed by atoms with E-state index in [4.69, 9.17) is 0 Å². The summed E-state index contributed by atoms with van der Waals surface area (Å²) in [5, 5.41) is 0. The van der Waals surface area contributed by atoms with Gasteiger partial charge < -0.3 is 29.9 Å². The molecule has 780 valence electrons. The molecular weight excluding hydrogens is 2930 g/mol. The monoisotopic (exact) mass is 3050 g/mol. The number of allylic oxidation sites excluding steroid dienone is 2. The van der Waals surface area contributed by atoms with Crippen LogP contribution in [0.4, 0.5) is 13.2 Å². The van der Waals surface area contributed by atoms with E-state index in [1.807, 2.05) is 183 Å². The molecule has 18 aromatic rings. The number of aromatic nitrogens is 6. The third-order valence-electron chi connectivity index (χ3n) is 24.1. The Morgan fingerprint density at radius 2 is 0.620 bits per heavy atom. The molecule has 0 N–H and O–H groups in total. The fourth-order valence-electron chi connectivity index (χ4n) is 15.5. The van der Waals surface area contributed by atoms with Crippen LogP contribution in [0.25, 0.3) is 139 Å². The molecule has 0 spiro atoms. The molecule has 0 atom stereocenters. The van der Waals surface area contributed by atoms with Crippen LogP contribution in [0, 0.1) is 81.5 Å². The van der Waals surface area contributed by atoms with Crippen LogP contribution in [0.1, 0.15) is 201 Å². The largest absolute Gasteiger partial charge is 0.304 e. The zero-order chi connectivity index (χ0) is 102. The van der Waals surface area contributed by atoms with Gasteiger partial charge in [0, 0.05) is 175 Å². The molecule has 0 bridgehead atoms. The molecule has 0 fully saturated rings. The molecule has 6 heterocycles. The number of nitrogens with zero attached hydrogens (tertiary/aromatic N) is 6. The predicted octanol–water partition coefficient (Wildman–Crippen LogP) is 35.6. The van der Waals surface area contributed by atoms with Crippen molar-refractivity contribution in [3.05, 3.63) is 536 Å². The minimum absolute atomic E-state index is 0. The Morgan fingerprint density at radius 1 is 0.273 bits per heavy atom. The first-order valence-electron chi connectivity index (χ1n) is 48.7. The number of benzene rings is 12. The summed E-state index contributed by atoms with van der Waals surface area (Å²) in [6.07, 6.45) is 33.2. The van der Waals surface area contributed by atoms with E-state index >= 15 is 0 Å². The van der Waals surface area contributed by atoms with Crippen LogP contribution in [0.3, 0.4) is 0 Å². The first kappa shape index (κ1) is 125. The number of rotatable bonds is 20. The van der Waals surface area contributed by atoms with Crippen molar-refractivity contribution >= 4 is 71.9 Å². The van der Waals surface area contributed by atoms with Crippen molar-refractivity contribution < 1.29 is 140 Å². The normalized spacial score (nSPS) is 11.1. The minimum Gasteiger partial charge on any atom is -0.304 e. The molecule has 6 aromatic heterocycles. The maximum Gasteiger partial charge on any atom is 0.133 e. The molecule has 0 amide bonds. The molecule has 0 aliphatic carbocycles. The Labute approximate surface area is 974 Å². The predicted molar refractivity (Wildman–Crippen MR) is 601 cm³/mol. The molecule has 0 aliphatic heterocycles. The Morgan fingerprint density at radius 3 is 0.973 bits per heavy atom. The van der Waals surface area contributed by atoms with Crippen LogP contribution in [0.15, 0.2) is 371 Å². The standard InChI is InChI=1S/C25H26N.C23H21FN.C23H22N.C22H18F2N.C22H20N.C20H16N.6Pt/c1-18(20-9-7-6-8-10-20)19(2)22-13-16-24(26-17-22)21-11-14-23(15-12-21)25(3,4)5;1-23(2,3)20-12-10-19(11-13-20)22-14-9-18(16-25-22)8-7-17-5-4-6-21(24)15-17;1-23(2,3)21-14-12-20(13-15-21)22-16-11-19(17-24-22)10-9-18-7-5-4-6-8-18;1-2-3-16-4-9-19(10-5-16)22-13-7-17(15-25-22)6-8-18-11-12-20(23)14-21(18)24;1-16-13-17(2)21(18(3)14-16)11-9-19-10-12-22(23-15-19)20-7-5-4-6-8-20;1-16-6-5-7-17(14-16)10-11-18-12-13-20(21-15-18)19-8-3-2-4-9-19;;;;;;/h6-11,13-17H,1-5H3;4-10,12-16H,1-3H3;4-12,14-17H,1-3H3;4-9,11-15H,2-3H2,1H3;4-7,9-15H,1-3H3;2-8,10-15H,1H3;;;;;;/q6*-1;;;;;;/b19-18+;8-7+;10-9+;8-6+;11-9+;11-10+;;;;;;. The van der Waals surface area contributed by atoms with Crippen molar-refractivity contribution in [3.63, 3.8) is 0 Å². The fourth-order valence-corrected chi connectivity index (χ4v) is 15.5. The van der Waals surface area contributed by atoms with E-state index in [-0.39, 0.29) is 148 Å². The third kappa shape index (κ3) is 39.3. The molecule has 0 aliphatic rings. The third-order valence-corrected chi connectivity index (χ3v) is 24.1. The summed E-state index contributed by atoms with van der Waals surface area (Å²) in [6.45, 7) is 34.9. The zero-order valence-corrected chi connectivity index (χ0v) is 101. The summed E-state index contributed by atoms with van der Waals surface area (Å²) < 4.78 is 39.7. The zero-order valence-electron chi connectivity index (χ0n) is 87.1. The molecule has 6 nitrogen and oxygen atoms in total. The summed E-state index contributed by atoms with van der Waals surface area (Å²) >= 11 is 0. The summed E-state index contributed by atoms with van der Waals surface area (Å²) in [5.41, 5.74) is 37.1. The molecule has 150 heavy (non-hydrogen) atoms. The molecule has 18 rings (SSSR count). The molecule has 0 saturated heterocycles. The van der Waals surface area contributed by atoms with E-state index in [1.165, 1.54) is 102 Å². The maximum atomic E-state index is 13.6. The Kier molecular flexibility index (Phi) is 51.6. The van der Waals surface area contributed by atoms with Gasteiger partial charge >= 0.3 is 0 Å². The molecule has 12 aromatic carbocycles. The van der Waals surface area contributed by atoms with Crippen LogP contribution < -0.4 is 0 Å². The second kappa shape index (κ2) is 62.0. The van der Waals surface area contributed by atoms with Gasteiger partial charge in [-0.15, -0.1) is 213 Å². The van der Waals surface area contributed by atoms with E-state index in [0.29, 0.717) is 5.56 Å². The van der Waals surface area contributed by atoms with Crippen molar-refractivity contribution in [2.75, 3.05) is 0 Å². The van der Waals surface area contributed by atoms with Gasteiger partial charge in [-0.25, -0.2) is 13.2 Å². The van der Waals surface area contributed by atoms with Gasteiger partial charge in [0.1, 0.15) is 17.5 Å². The first-order valence-corrected chi connectivity index (χ1v) is 48.7. The maximum absolute atomic E-state index is 13.6. The Hall–Kier alpha value is -12.1. The number of aryl methyl sites for hydroxylation is 5. The van der Waals surface area contributed by atoms with Crippen LogP contribution in [-0.2, 0) is 149 Å². The van der Waals surface area contributed by atoms with Gasteiger partial charge in [0.15, 0.2) is 0 Å². The summed E-state index contributed by atoms with van der Waals surface area (Å²) in [7, 11) is 0. The first-order chi connectivity index (χ1) is 69.4. The number of hydrogen-bond donors (Lipinski definition) is 0. The number of halogens is 3. The molecule has 0 unspecified atom stereocenters. The number of pyridine rings is 6. The van der Waals surface area contributed by atoms with Crippen LogP contribution in [0.2, 0.25) is 0 Å². The second-order valence-corrected chi connectivity index (χ2v) is 38.6. The molecular formula is C135H123F3N6Pt6-6. The Bertz CT molecular complexity index is 7320.